The first kappa shape index (κ1) is 21.3. The minimum absolute atomic E-state index is 0.0362. The lowest BCUT2D eigenvalue weighted by Crippen LogP contribution is -2.45. The van der Waals surface area contributed by atoms with Gasteiger partial charge in [-0.05, 0) is 44.2 Å². The zero-order chi connectivity index (χ0) is 20.8. The minimum Gasteiger partial charge on any atom is -0.362 e. The molecule has 1 aromatic rings. The standard InChI is InChI=1S/C22H31N3O4/c1-16(2)23-22(28)18-8-10-24(11-9-18)20(26)14-29-15-21(27)25-12-7-17-5-3-4-6-19(17)13-25/h3-6,16,18H,7-15H2,1-2H3,(H,23,28). The summed E-state index contributed by atoms with van der Waals surface area (Å²) in [5.74, 6) is -0.177. The van der Waals surface area contributed by atoms with Crippen molar-refractivity contribution in [2.24, 2.45) is 5.92 Å². The van der Waals surface area contributed by atoms with E-state index in [0.717, 1.165) is 6.42 Å². The number of fused-ring (bicyclic) bond motifs is 1. The normalized spacial score (nSPS) is 17.2. The molecule has 0 aromatic heterocycles. The van der Waals surface area contributed by atoms with Gasteiger partial charge in [0.1, 0.15) is 13.2 Å². The molecule has 2 aliphatic rings. The van der Waals surface area contributed by atoms with E-state index in [0.29, 0.717) is 39.0 Å². The van der Waals surface area contributed by atoms with Gasteiger partial charge in [-0.2, -0.15) is 0 Å². The molecular formula is C22H31N3O4. The highest BCUT2D eigenvalue weighted by Gasteiger charge is 2.28. The summed E-state index contributed by atoms with van der Waals surface area (Å²) < 4.78 is 5.42. The number of ether oxygens (including phenoxy) is 1. The van der Waals surface area contributed by atoms with Crippen LogP contribution in [0, 0.1) is 5.92 Å². The molecular weight excluding hydrogens is 370 g/mol. The Labute approximate surface area is 172 Å². The van der Waals surface area contributed by atoms with Crippen molar-refractivity contribution in [2.75, 3.05) is 32.8 Å². The molecule has 0 bridgehead atoms. The molecule has 0 saturated carbocycles. The number of hydrogen-bond donors (Lipinski definition) is 1. The fraction of sp³-hybridized carbons (Fsp3) is 0.591. The van der Waals surface area contributed by atoms with Gasteiger partial charge in [0.05, 0.1) is 0 Å². The molecule has 0 atom stereocenters. The summed E-state index contributed by atoms with van der Waals surface area (Å²) >= 11 is 0. The van der Waals surface area contributed by atoms with Crippen molar-refractivity contribution in [3.63, 3.8) is 0 Å². The summed E-state index contributed by atoms with van der Waals surface area (Å²) in [6.07, 6.45) is 2.17. The molecule has 3 amide bonds. The number of hydrogen-bond acceptors (Lipinski definition) is 4. The molecule has 0 unspecified atom stereocenters. The number of benzene rings is 1. The summed E-state index contributed by atoms with van der Waals surface area (Å²) in [4.78, 5) is 40.3. The third kappa shape index (κ3) is 5.79. The van der Waals surface area contributed by atoms with E-state index in [1.165, 1.54) is 11.1 Å². The third-order valence-electron chi connectivity index (χ3n) is 5.58. The van der Waals surface area contributed by atoms with Crippen LogP contribution >= 0.6 is 0 Å². The molecule has 0 spiro atoms. The number of carbonyl (C=O) groups is 3. The van der Waals surface area contributed by atoms with Crippen LogP contribution in [-0.4, -0.2) is 66.4 Å². The van der Waals surface area contributed by atoms with E-state index >= 15 is 0 Å². The van der Waals surface area contributed by atoms with Gasteiger partial charge in [-0.1, -0.05) is 24.3 Å². The Kier molecular flexibility index (Phi) is 7.25. The first-order valence-electron chi connectivity index (χ1n) is 10.4. The van der Waals surface area contributed by atoms with Crippen LogP contribution in [0.15, 0.2) is 24.3 Å². The number of piperidine rings is 1. The summed E-state index contributed by atoms with van der Waals surface area (Å²) in [5.41, 5.74) is 2.46. The molecule has 3 rings (SSSR count). The second kappa shape index (κ2) is 9.87. The smallest absolute Gasteiger partial charge is 0.248 e. The van der Waals surface area contributed by atoms with E-state index in [2.05, 4.69) is 11.4 Å². The Hall–Kier alpha value is -2.41. The summed E-state index contributed by atoms with van der Waals surface area (Å²) in [5, 5.41) is 2.93. The molecule has 0 radical (unpaired) electrons. The SMILES string of the molecule is CC(C)NC(=O)C1CCN(C(=O)COCC(=O)N2CCc3ccccc3C2)CC1. The van der Waals surface area contributed by atoms with Crippen LogP contribution in [0.4, 0.5) is 0 Å². The molecule has 1 fully saturated rings. The monoisotopic (exact) mass is 401 g/mol. The van der Waals surface area contributed by atoms with E-state index in [1.807, 2.05) is 32.0 Å². The number of carbonyl (C=O) groups excluding carboxylic acids is 3. The molecule has 2 aliphatic heterocycles. The van der Waals surface area contributed by atoms with E-state index in [4.69, 9.17) is 4.74 Å². The molecule has 0 aliphatic carbocycles. The molecule has 158 valence electrons. The Morgan fingerprint density at radius 1 is 1.00 bits per heavy atom. The lowest BCUT2D eigenvalue weighted by molar-refractivity contribution is -0.144. The van der Waals surface area contributed by atoms with Gasteiger partial charge in [-0.15, -0.1) is 0 Å². The molecule has 2 heterocycles. The average molecular weight is 402 g/mol. The minimum atomic E-state index is -0.121. The summed E-state index contributed by atoms with van der Waals surface area (Å²) in [7, 11) is 0. The number of nitrogens with zero attached hydrogens (tertiary/aromatic N) is 2. The summed E-state index contributed by atoms with van der Waals surface area (Å²) in [6.45, 7) is 6.08. The van der Waals surface area contributed by atoms with Crippen molar-refractivity contribution in [3.8, 4) is 0 Å². The molecule has 1 saturated heterocycles. The van der Waals surface area contributed by atoms with Crippen LogP contribution in [-0.2, 0) is 32.1 Å². The van der Waals surface area contributed by atoms with E-state index < -0.39 is 0 Å². The molecule has 29 heavy (non-hydrogen) atoms. The number of likely N-dealkylation sites (tertiary alicyclic amines) is 1. The van der Waals surface area contributed by atoms with E-state index in [-0.39, 0.29) is 42.9 Å². The highest BCUT2D eigenvalue weighted by atomic mass is 16.5. The van der Waals surface area contributed by atoms with Crippen LogP contribution in [0.3, 0.4) is 0 Å². The largest absolute Gasteiger partial charge is 0.362 e. The van der Waals surface area contributed by atoms with E-state index in [9.17, 15) is 14.4 Å². The fourth-order valence-corrected chi connectivity index (χ4v) is 3.91. The Morgan fingerprint density at radius 2 is 1.62 bits per heavy atom. The van der Waals surface area contributed by atoms with Gasteiger partial charge in [-0.3, -0.25) is 14.4 Å². The summed E-state index contributed by atoms with van der Waals surface area (Å²) in [6, 6.07) is 8.27. The second-order valence-electron chi connectivity index (χ2n) is 8.15. The first-order chi connectivity index (χ1) is 13.9. The van der Waals surface area contributed by atoms with Gasteiger partial charge in [0.2, 0.25) is 17.7 Å². The zero-order valence-corrected chi connectivity index (χ0v) is 17.4. The van der Waals surface area contributed by atoms with Crippen LogP contribution in [0.5, 0.6) is 0 Å². The van der Waals surface area contributed by atoms with Gasteiger partial charge in [0.25, 0.3) is 0 Å². The van der Waals surface area contributed by atoms with Gasteiger partial charge >= 0.3 is 0 Å². The number of nitrogens with one attached hydrogen (secondary N) is 1. The molecule has 7 nitrogen and oxygen atoms in total. The van der Waals surface area contributed by atoms with Crippen molar-refractivity contribution in [1.82, 2.24) is 15.1 Å². The maximum absolute atomic E-state index is 12.4. The quantitative estimate of drug-likeness (QED) is 0.781. The van der Waals surface area contributed by atoms with Crippen LogP contribution in [0.1, 0.15) is 37.8 Å². The highest BCUT2D eigenvalue weighted by molar-refractivity contribution is 5.81. The van der Waals surface area contributed by atoms with Gasteiger partial charge in [0, 0.05) is 38.1 Å². The van der Waals surface area contributed by atoms with Crippen molar-refractivity contribution < 1.29 is 19.1 Å². The fourth-order valence-electron chi connectivity index (χ4n) is 3.91. The van der Waals surface area contributed by atoms with E-state index in [1.54, 1.807) is 9.80 Å². The van der Waals surface area contributed by atoms with Crippen molar-refractivity contribution in [2.45, 2.75) is 45.7 Å². The van der Waals surface area contributed by atoms with Crippen LogP contribution in [0.2, 0.25) is 0 Å². The van der Waals surface area contributed by atoms with Crippen molar-refractivity contribution in [3.05, 3.63) is 35.4 Å². The maximum Gasteiger partial charge on any atom is 0.248 e. The van der Waals surface area contributed by atoms with Gasteiger partial charge in [0.15, 0.2) is 0 Å². The third-order valence-corrected chi connectivity index (χ3v) is 5.58. The maximum atomic E-state index is 12.4. The number of amides is 3. The van der Waals surface area contributed by atoms with Gasteiger partial charge in [-0.25, -0.2) is 0 Å². The van der Waals surface area contributed by atoms with Crippen molar-refractivity contribution in [1.29, 1.82) is 0 Å². The first-order valence-corrected chi connectivity index (χ1v) is 10.4. The highest BCUT2D eigenvalue weighted by Crippen LogP contribution is 2.19. The lowest BCUT2D eigenvalue weighted by Gasteiger charge is -2.32. The van der Waals surface area contributed by atoms with Crippen LogP contribution in [0.25, 0.3) is 0 Å². The van der Waals surface area contributed by atoms with Crippen molar-refractivity contribution >= 4 is 17.7 Å². The predicted octanol–water partition coefficient (Wildman–Crippen LogP) is 1.35. The number of rotatable bonds is 6. The molecule has 1 N–H and O–H groups in total. The zero-order valence-electron chi connectivity index (χ0n) is 17.4. The Morgan fingerprint density at radius 3 is 2.28 bits per heavy atom. The van der Waals surface area contributed by atoms with Crippen LogP contribution < -0.4 is 5.32 Å². The Bertz CT molecular complexity index is 741. The molecule has 7 heteroatoms. The predicted molar refractivity (Wildman–Crippen MR) is 109 cm³/mol. The molecule has 1 aromatic carbocycles. The average Bonchev–Trinajstić information content (AvgIpc) is 2.72. The Balaban J connectivity index is 1.36. The van der Waals surface area contributed by atoms with Gasteiger partial charge < -0.3 is 19.9 Å². The lowest BCUT2D eigenvalue weighted by atomic mass is 9.95. The topological polar surface area (TPSA) is 79.0 Å². The second-order valence-corrected chi connectivity index (χ2v) is 8.15.